The molecule has 2 aromatic heterocycles. The number of fused-ring (bicyclic) bond motifs is 3. The lowest BCUT2D eigenvalue weighted by molar-refractivity contribution is 0.145. The summed E-state index contributed by atoms with van der Waals surface area (Å²) in [7, 11) is 3.25. The van der Waals surface area contributed by atoms with Gasteiger partial charge in [-0.25, -0.2) is 4.98 Å². The number of aryl methyl sites for hydroxylation is 1. The first-order valence-electron chi connectivity index (χ1n) is 8.90. The lowest BCUT2D eigenvalue weighted by Gasteiger charge is -2.16. The zero-order valence-electron chi connectivity index (χ0n) is 15.9. The van der Waals surface area contributed by atoms with Gasteiger partial charge in [0.05, 0.1) is 24.8 Å². The minimum absolute atomic E-state index is 0.204. The van der Waals surface area contributed by atoms with E-state index in [9.17, 15) is 5.11 Å². The molecule has 4 aromatic rings. The van der Waals surface area contributed by atoms with Crippen LogP contribution in [0.25, 0.3) is 33.1 Å². The van der Waals surface area contributed by atoms with E-state index in [2.05, 4.69) is 10.2 Å². The lowest BCUT2D eigenvalue weighted by Crippen LogP contribution is -2.06. The van der Waals surface area contributed by atoms with Gasteiger partial charge in [-0.15, -0.1) is 0 Å². The number of nitrogens with zero attached hydrogens (tertiary/aromatic N) is 2. The van der Waals surface area contributed by atoms with Gasteiger partial charge in [-0.3, -0.25) is 5.10 Å². The summed E-state index contributed by atoms with van der Waals surface area (Å²) in [6.07, 6.45) is 0. The standard InChI is InChI=1S/C21H21N3O4/c1-12-17-18-15(8-9-16(27-3)20(18)28-11-10-26-2)19(22-21(17)24-23-12)13-4-6-14(25)7-5-13/h4-9,25H,10-11H2,1-3H3,(H,22,23,24). The van der Waals surface area contributed by atoms with Crippen molar-refractivity contribution in [1.82, 2.24) is 15.2 Å². The van der Waals surface area contributed by atoms with Crippen LogP contribution in [0.2, 0.25) is 0 Å². The van der Waals surface area contributed by atoms with Crippen molar-refractivity contribution < 1.29 is 19.3 Å². The Morgan fingerprint density at radius 2 is 1.79 bits per heavy atom. The van der Waals surface area contributed by atoms with E-state index in [1.165, 1.54) is 0 Å². The van der Waals surface area contributed by atoms with Crippen LogP contribution in [0.5, 0.6) is 17.2 Å². The van der Waals surface area contributed by atoms with Crippen LogP contribution in [0.1, 0.15) is 5.69 Å². The summed E-state index contributed by atoms with van der Waals surface area (Å²) in [4.78, 5) is 4.77. The van der Waals surface area contributed by atoms with Crippen LogP contribution in [0.3, 0.4) is 0 Å². The Balaban J connectivity index is 2.06. The van der Waals surface area contributed by atoms with Gasteiger partial charge in [-0.05, 0) is 43.3 Å². The predicted molar refractivity (Wildman–Crippen MR) is 107 cm³/mol. The fourth-order valence-corrected chi connectivity index (χ4v) is 3.34. The quantitative estimate of drug-likeness (QED) is 0.495. The summed E-state index contributed by atoms with van der Waals surface area (Å²) < 4.78 is 16.8. The average Bonchev–Trinajstić information content (AvgIpc) is 3.09. The number of pyridine rings is 1. The van der Waals surface area contributed by atoms with Crippen LogP contribution in [-0.4, -0.2) is 47.7 Å². The molecule has 0 atom stereocenters. The molecule has 2 N–H and O–H groups in total. The zero-order valence-corrected chi connectivity index (χ0v) is 15.9. The maximum absolute atomic E-state index is 9.64. The largest absolute Gasteiger partial charge is 0.508 e. The highest BCUT2D eigenvalue weighted by Gasteiger charge is 2.20. The molecule has 7 heteroatoms. The Kier molecular flexibility index (Phi) is 4.75. The van der Waals surface area contributed by atoms with Gasteiger partial charge in [0.2, 0.25) is 0 Å². The van der Waals surface area contributed by atoms with Crippen molar-refractivity contribution in [2.75, 3.05) is 27.4 Å². The summed E-state index contributed by atoms with van der Waals surface area (Å²) in [5, 5.41) is 19.7. The fourth-order valence-electron chi connectivity index (χ4n) is 3.34. The van der Waals surface area contributed by atoms with Crippen molar-refractivity contribution in [2.45, 2.75) is 6.92 Å². The number of hydrogen-bond acceptors (Lipinski definition) is 6. The van der Waals surface area contributed by atoms with Gasteiger partial charge in [0.1, 0.15) is 12.4 Å². The minimum atomic E-state index is 0.204. The number of benzene rings is 2. The Bertz CT molecular complexity index is 1140. The third kappa shape index (κ3) is 2.99. The van der Waals surface area contributed by atoms with Crippen molar-refractivity contribution in [1.29, 1.82) is 0 Å². The maximum Gasteiger partial charge on any atom is 0.182 e. The van der Waals surface area contributed by atoms with Gasteiger partial charge in [0.25, 0.3) is 0 Å². The second-order valence-corrected chi connectivity index (χ2v) is 6.42. The third-order valence-corrected chi connectivity index (χ3v) is 4.67. The number of aromatic amines is 1. The molecule has 0 spiro atoms. The van der Waals surface area contributed by atoms with Gasteiger partial charge < -0.3 is 19.3 Å². The smallest absolute Gasteiger partial charge is 0.182 e. The van der Waals surface area contributed by atoms with Crippen LogP contribution in [0, 0.1) is 6.92 Å². The van der Waals surface area contributed by atoms with Gasteiger partial charge in [0, 0.05) is 29.1 Å². The van der Waals surface area contributed by atoms with Crippen LogP contribution in [-0.2, 0) is 4.74 Å². The summed E-state index contributed by atoms with van der Waals surface area (Å²) in [6.45, 7) is 2.80. The van der Waals surface area contributed by atoms with Crippen LogP contribution < -0.4 is 9.47 Å². The Labute approximate surface area is 161 Å². The van der Waals surface area contributed by atoms with Crippen LogP contribution >= 0.6 is 0 Å². The summed E-state index contributed by atoms with van der Waals surface area (Å²) >= 11 is 0. The topological polar surface area (TPSA) is 89.5 Å². The number of ether oxygens (including phenoxy) is 3. The monoisotopic (exact) mass is 379 g/mol. The van der Waals surface area contributed by atoms with Crippen LogP contribution in [0.15, 0.2) is 36.4 Å². The van der Waals surface area contributed by atoms with Crippen LogP contribution in [0.4, 0.5) is 0 Å². The molecule has 0 radical (unpaired) electrons. The SMILES string of the molecule is COCCOc1c(OC)ccc2c(-c3ccc(O)cc3)nc3n[nH]c(C)c3c12. The highest BCUT2D eigenvalue weighted by molar-refractivity contribution is 6.14. The molecule has 144 valence electrons. The number of aromatic hydroxyl groups is 1. The number of rotatable bonds is 6. The molecule has 2 heterocycles. The summed E-state index contributed by atoms with van der Waals surface area (Å²) in [5.41, 5.74) is 3.12. The Hall–Kier alpha value is -3.32. The highest BCUT2D eigenvalue weighted by atomic mass is 16.5. The fraction of sp³-hybridized carbons (Fsp3) is 0.238. The zero-order chi connectivity index (χ0) is 19.7. The average molecular weight is 379 g/mol. The molecule has 0 fully saturated rings. The van der Waals surface area contributed by atoms with E-state index in [-0.39, 0.29) is 5.75 Å². The molecule has 0 aliphatic heterocycles. The summed E-state index contributed by atoms with van der Waals surface area (Å²) in [5.74, 6) is 1.47. The van der Waals surface area contributed by atoms with E-state index in [1.54, 1.807) is 26.4 Å². The number of phenols is 1. The second-order valence-electron chi connectivity index (χ2n) is 6.42. The molecule has 4 rings (SSSR count). The maximum atomic E-state index is 9.64. The first-order valence-corrected chi connectivity index (χ1v) is 8.90. The van der Waals surface area contributed by atoms with Gasteiger partial charge in [-0.1, -0.05) is 0 Å². The van der Waals surface area contributed by atoms with Gasteiger partial charge in [0.15, 0.2) is 17.1 Å². The molecule has 0 unspecified atom stereocenters. The molecule has 0 amide bonds. The number of methoxy groups -OCH3 is 2. The molecule has 0 aliphatic rings. The first-order chi connectivity index (χ1) is 13.6. The van der Waals surface area contributed by atoms with E-state index in [4.69, 9.17) is 19.2 Å². The minimum Gasteiger partial charge on any atom is -0.508 e. The molecular weight excluding hydrogens is 358 g/mol. The van der Waals surface area contributed by atoms with Crippen molar-refractivity contribution >= 4 is 21.8 Å². The third-order valence-electron chi connectivity index (χ3n) is 4.67. The molecule has 7 nitrogen and oxygen atoms in total. The normalized spacial score (nSPS) is 11.2. The molecule has 0 bridgehead atoms. The van der Waals surface area contributed by atoms with E-state index in [0.717, 1.165) is 33.1 Å². The van der Waals surface area contributed by atoms with E-state index < -0.39 is 0 Å². The second kappa shape index (κ2) is 7.36. The Morgan fingerprint density at radius 1 is 1.00 bits per heavy atom. The van der Waals surface area contributed by atoms with Crippen molar-refractivity contribution in [3.05, 3.63) is 42.1 Å². The van der Waals surface area contributed by atoms with Gasteiger partial charge in [-0.2, -0.15) is 5.10 Å². The lowest BCUT2D eigenvalue weighted by atomic mass is 9.99. The molecule has 0 saturated heterocycles. The predicted octanol–water partition coefficient (Wildman–Crippen LogP) is 3.83. The first kappa shape index (κ1) is 18.1. The highest BCUT2D eigenvalue weighted by Crippen LogP contribution is 2.43. The van der Waals surface area contributed by atoms with E-state index >= 15 is 0 Å². The Morgan fingerprint density at radius 3 is 2.50 bits per heavy atom. The number of aromatic nitrogens is 3. The van der Waals surface area contributed by atoms with Crippen molar-refractivity contribution in [3.63, 3.8) is 0 Å². The molecule has 28 heavy (non-hydrogen) atoms. The number of phenolic OH excluding ortho intramolecular Hbond substituents is 1. The van der Waals surface area contributed by atoms with E-state index in [0.29, 0.717) is 30.4 Å². The number of hydrogen-bond donors (Lipinski definition) is 2. The van der Waals surface area contributed by atoms with Crippen molar-refractivity contribution in [3.8, 4) is 28.5 Å². The van der Waals surface area contributed by atoms with Gasteiger partial charge >= 0.3 is 0 Å². The van der Waals surface area contributed by atoms with E-state index in [1.807, 2.05) is 31.2 Å². The number of nitrogens with one attached hydrogen (secondary N) is 1. The molecule has 2 aromatic carbocycles. The molecule has 0 aliphatic carbocycles. The summed E-state index contributed by atoms with van der Waals surface area (Å²) in [6, 6.07) is 10.8. The molecular formula is C21H21N3O4. The van der Waals surface area contributed by atoms with Crippen molar-refractivity contribution in [2.24, 2.45) is 0 Å². The molecule has 0 saturated carbocycles. The number of H-pyrrole nitrogens is 1.